The first kappa shape index (κ1) is 17.2. The maximum atomic E-state index is 13.0. The maximum Gasteiger partial charge on any atom is 0.311 e. The predicted octanol–water partition coefficient (Wildman–Crippen LogP) is 2.11. The van der Waals surface area contributed by atoms with E-state index in [1.54, 1.807) is 18.0 Å². The average molecular weight is 342 g/mol. The second kappa shape index (κ2) is 6.02. The predicted molar refractivity (Wildman–Crippen MR) is 94.6 cm³/mol. The first-order valence-electron chi connectivity index (χ1n) is 8.39. The highest BCUT2D eigenvalue weighted by molar-refractivity contribution is 6.06. The number of amides is 1. The molecule has 1 amide bonds. The Bertz CT molecular complexity index is 915. The molecule has 1 aromatic heterocycles. The zero-order valence-corrected chi connectivity index (χ0v) is 14.7. The summed E-state index contributed by atoms with van der Waals surface area (Å²) in [5.41, 5.74) is -0.158. The van der Waals surface area contributed by atoms with E-state index in [9.17, 15) is 19.5 Å². The number of nitrogens with zero attached hydrogens (tertiary/aromatic N) is 2. The van der Waals surface area contributed by atoms with Crippen LogP contribution in [0.1, 0.15) is 30.6 Å². The van der Waals surface area contributed by atoms with Gasteiger partial charge in [-0.05, 0) is 18.4 Å². The highest BCUT2D eigenvalue weighted by Crippen LogP contribution is 2.39. The van der Waals surface area contributed by atoms with Crippen molar-refractivity contribution in [3.05, 3.63) is 46.2 Å². The van der Waals surface area contributed by atoms with Crippen LogP contribution in [0.3, 0.4) is 0 Å². The lowest BCUT2D eigenvalue weighted by molar-refractivity contribution is -0.150. The monoisotopic (exact) mass is 342 g/mol. The second-order valence-corrected chi connectivity index (χ2v) is 7.07. The van der Waals surface area contributed by atoms with Gasteiger partial charge in [0.15, 0.2) is 0 Å². The van der Waals surface area contributed by atoms with Crippen LogP contribution in [-0.4, -0.2) is 39.5 Å². The average Bonchev–Trinajstić information content (AvgIpc) is 3.04. The number of hydrogen-bond donors (Lipinski definition) is 1. The van der Waals surface area contributed by atoms with Crippen LogP contribution >= 0.6 is 0 Å². The van der Waals surface area contributed by atoms with Crippen molar-refractivity contribution >= 4 is 22.8 Å². The van der Waals surface area contributed by atoms with Gasteiger partial charge >= 0.3 is 5.97 Å². The van der Waals surface area contributed by atoms with Gasteiger partial charge in [-0.2, -0.15) is 0 Å². The minimum Gasteiger partial charge on any atom is -0.481 e. The van der Waals surface area contributed by atoms with E-state index in [4.69, 9.17) is 0 Å². The van der Waals surface area contributed by atoms with Crippen molar-refractivity contribution in [1.82, 2.24) is 9.47 Å². The summed E-state index contributed by atoms with van der Waals surface area (Å²) in [5, 5.41) is 10.4. The Labute approximate surface area is 145 Å². The van der Waals surface area contributed by atoms with Crippen molar-refractivity contribution < 1.29 is 14.7 Å². The van der Waals surface area contributed by atoms with Gasteiger partial charge in [0.25, 0.3) is 11.5 Å². The van der Waals surface area contributed by atoms with Gasteiger partial charge in [0.2, 0.25) is 0 Å². The summed E-state index contributed by atoms with van der Waals surface area (Å²) in [5.74, 6) is -1.23. The third-order valence-electron chi connectivity index (χ3n) is 5.50. The molecule has 0 saturated carbocycles. The number of carbonyl (C=O) groups is 2. The number of para-hydroxylation sites is 1. The molecule has 6 heteroatoms. The van der Waals surface area contributed by atoms with E-state index in [2.05, 4.69) is 0 Å². The summed E-state index contributed by atoms with van der Waals surface area (Å²) in [7, 11) is 1.67. The molecule has 6 nitrogen and oxygen atoms in total. The van der Waals surface area contributed by atoms with Gasteiger partial charge in [0.05, 0.1) is 16.5 Å². The third-order valence-corrected chi connectivity index (χ3v) is 5.50. The molecule has 0 aliphatic carbocycles. The van der Waals surface area contributed by atoms with Crippen molar-refractivity contribution in [1.29, 1.82) is 0 Å². The van der Waals surface area contributed by atoms with Crippen molar-refractivity contribution in [2.75, 3.05) is 13.1 Å². The van der Waals surface area contributed by atoms with Gasteiger partial charge < -0.3 is 14.6 Å². The molecule has 3 rings (SSSR count). The number of carboxylic acids is 1. The molecule has 25 heavy (non-hydrogen) atoms. The highest BCUT2D eigenvalue weighted by atomic mass is 16.4. The van der Waals surface area contributed by atoms with E-state index in [1.165, 1.54) is 10.6 Å². The van der Waals surface area contributed by atoms with Crippen LogP contribution in [0.2, 0.25) is 0 Å². The first-order valence-corrected chi connectivity index (χ1v) is 8.39. The molecule has 0 radical (unpaired) electrons. The SMILES string of the molecule is CC(C)C1(C(=O)O)CCN(C(=O)c2cc(=O)n(C)c3ccccc23)C1. The fraction of sp³-hybridized carbons (Fsp3) is 0.421. The highest BCUT2D eigenvalue weighted by Gasteiger charge is 2.48. The molecule has 1 aliphatic heterocycles. The van der Waals surface area contributed by atoms with Crippen LogP contribution in [0.4, 0.5) is 0 Å². The van der Waals surface area contributed by atoms with E-state index in [1.807, 2.05) is 32.0 Å². The zero-order chi connectivity index (χ0) is 18.4. The minimum atomic E-state index is -0.925. The molecule has 2 aromatic rings. The zero-order valence-electron chi connectivity index (χ0n) is 14.7. The topological polar surface area (TPSA) is 79.6 Å². The smallest absolute Gasteiger partial charge is 0.311 e. The second-order valence-electron chi connectivity index (χ2n) is 7.07. The number of aryl methyl sites for hydroxylation is 1. The lowest BCUT2D eigenvalue weighted by Crippen LogP contribution is -2.40. The van der Waals surface area contributed by atoms with E-state index >= 15 is 0 Å². The Morgan fingerprint density at radius 2 is 1.92 bits per heavy atom. The maximum absolute atomic E-state index is 13.0. The number of carbonyl (C=O) groups excluding carboxylic acids is 1. The summed E-state index contributed by atoms with van der Waals surface area (Å²) in [4.78, 5) is 38.6. The summed E-state index contributed by atoms with van der Waals surface area (Å²) in [6.45, 7) is 4.29. The molecule has 1 aliphatic rings. The normalized spacial score (nSPS) is 20.4. The van der Waals surface area contributed by atoms with Crippen LogP contribution in [0.25, 0.3) is 10.9 Å². The molecule has 1 unspecified atom stereocenters. The number of rotatable bonds is 3. The fourth-order valence-corrected chi connectivity index (χ4v) is 3.66. The Hall–Kier alpha value is -2.63. The number of carboxylic acid groups (broad SMARTS) is 1. The van der Waals surface area contributed by atoms with Gasteiger partial charge in [-0.15, -0.1) is 0 Å². The van der Waals surface area contributed by atoms with E-state index in [0.29, 0.717) is 29.4 Å². The quantitative estimate of drug-likeness (QED) is 0.926. The summed E-state index contributed by atoms with van der Waals surface area (Å²) >= 11 is 0. The standard InChI is InChI=1S/C19H22N2O4/c1-12(2)19(18(24)25)8-9-21(11-19)17(23)14-10-16(22)20(3)15-7-5-4-6-13(14)15/h4-7,10,12H,8-9,11H2,1-3H3,(H,24,25). The van der Waals surface area contributed by atoms with Crippen LogP contribution in [0.15, 0.2) is 35.1 Å². The van der Waals surface area contributed by atoms with Crippen LogP contribution in [0.5, 0.6) is 0 Å². The van der Waals surface area contributed by atoms with Gasteiger partial charge in [0, 0.05) is 31.6 Å². The number of fused-ring (bicyclic) bond motifs is 1. The Balaban J connectivity index is 2.04. The van der Waals surface area contributed by atoms with Gasteiger partial charge in [0.1, 0.15) is 0 Å². The number of aromatic nitrogens is 1. The van der Waals surface area contributed by atoms with Gasteiger partial charge in [-0.3, -0.25) is 14.4 Å². The van der Waals surface area contributed by atoms with Crippen LogP contribution in [-0.2, 0) is 11.8 Å². The molecule has 1 saturated heterocycles. The number of likely N-dealkylation sites (tertiary alicyclic amines) is 1. The van der Waals surface area contributed by atoms with Crippen molar-refractivity contribution in [3.8, 4) is 0 Å². The Kier molecular flexibility index (Phi) is 4.14. The summed E-state index contributed by atoms with van der Waals surface area (Å²) in [6.07, 6.45) is 0.425. The molecule has 1 fully saturated rings. The lowest BCUT2D eigenvalue weighted by Gasteiger charge is -2.28. The first-order chi connectivity index (χ1) is 11.8. The molecular formula is C19H22N2O4. The fourth-order valence-electron chi connectivity index (χ4n) is 3.66. The number of benzene rings is 1. The molecule has 1 atom stereocenters. The van der Waals surface area contributed by atoms with Crippen LogP contribution < -0.4 is 5.56 Å². The minimum absolute atomic E-state index is 0.0804. The van der Waals surface area contributed by atoms with Crippen molar-refractivity contribution in [2.45, 2.75) is 20.3 Å². The van der Waals surface area contributed by atoms with Gasteiger partial charge in [-0.1, -0.05) is 32.0 Å². The lowest BCUT2D eigenvalue weighted by atomic mass is 9.76. The number of aliphatic carboxylic acids is 1. The van der Waals surface area contributed by atoms with Gasteiger partial charge in [-0.25, -0.2) is 0 Å². The Morgan fingerprint density at radius 1 is 1.24 bits per heavy atom. The summed E-state index contributed by atoms with van der Waals surface area (Å²) < 4.78 is 1.51. The van der Waals surface area contributed by atoms with Crippen molar-refractivity contribution in [3.63, 3.8) is 0 Å². The summed E-state index contributed by atoms with van der Waals surface area (Å²) in [6, 6.07) is 8.60. The molecule has 132 valence electrons. The molecule has 0 spiro atoms. The largest absolute Gasteiger partial charge is 0.481 e. The van der Waals surface area contributed by atoms with Crippen LogP contribution in [0, 0.1) is 11.3 Å². The van der Waals surface area contributed by atoms with E-state index in [-0.39, 0.29) is 23.9 Å². The number of hydrogen-bond acceptors (Lipinski definition) is 3. The molecule has 1 aromatic carbocycles. The molecular weight excluding hydrogens is 320 g/mol. The van der Waals surface area contributed by atoms with Crippen molar-refractivity contribution in [2.24, 2.45) is 18.4 Å². The third kappa shape index (κ3) is 2.62. The van der Waals surface area contributed by atoms with E-state index in [0.717, 1.165) is 0 Å². The number of pyridine rings is 1. The molecule has 2 heterocycles. The Morgan fingerprint density at radius 3 is 2.52 bits per heavy atom. The molecule has 1 N–H and O–H groups in total. The van der Waals surface area contributed by atoms with E-state index < -0.39 is 11.4 Å². The molecule has 0 bridgehead atoms.